The van der Waals surface area contributed by atoms with Crippen molar-refractivity contribution in [2.24, 2.45) is 5.92 Å². The molecule has 0 bridgehead atoms. The van der Waals surface area contributed by atoms with Crippen LogP contribution in [0.3, 0.4) is 0 Å². The Balaban J connectivity index is 1.76. The minimum Gasteiger partial charge on any atom is -0.424 e. The van der Waals surface area contributed by atoms with Crippen molar-refractivity contribution in [3.05, 3.63) is 83.4 Å². The number of esters is 1. The standard InChI is InChI=1S/C33H42N2O6/c1-22(2)31(34-30(36)21-39-6)32(37)40-25(5)41-33(38)35(19-11-14-26-13-9-12-23(3)20-26)24(4)28-18-10-16-27-15-7-8-17-29(27)28/h7-10,12-13,15-18,20,22,24-25,31H,11,14,19,21H2,1-6H3,(H,34,36)/t24-,25?,31-/m1/s1. The van der Waals surface area contributed by atoms with Crippen LogP contribution >= 0.6 is 0 Å². The topological polar surface area (TPSA) is 94.2 Å². The molecule has 0 fully saturated rings. The minimum atomic E-state index is -1.16. The number of hydrogen-bond donors (Lipinski definition) is 1. The summed E-state index contributed by atoms with van der Waals surface area (Å²) in [5.74, 6) is -1.36. The molecule has 3 aromatic carbocycles. The van der Waals surface area contributed by atoms with E-state index in [4.69, 9.17) is 14.2 Å². The number of hydrogen-bond acceptors (Lipinski definition) is 6. The summed E-state index contributed by atoms with van der Waals surface area (Å²) in [6.45, 7) is 9.38. The SMILES string of the molecule is COCC(=O)N[C@@H](C(=O)OC(C)OC(=O)N(CCCc1cccc(C)c1)[C@H](C)c1cccc2ccccc12)C(C)C. The average Bonchev–Trinajstić information content (AvgIpc) is 2.93. The predicted octanol–water partition coefficient (Wildman–Crippen LogP) is 5.96. The molecular formula is C33H42N2O6. The van der Waals surface area contributed by atoms with Gasteiger partial charge in [-0.1, -0.05) is 86.1 Å². The third kappa shape index (κ3) is 9.05. The molecule has 0 aliphatic heterocycles. The molecule has 0 saturated carbocycles. The lowest BCUT2D eigenvalue weighted by molar-refractivity contribution is -0.171. The molecule has 1 unspecified atom stereocenters. The van der Waals surface area contributed by atoms with E-state index < -0.39 is 30.3 Å². The molecule has 0 spiro atoms. The number of carbonyl (C=O) groups excluding carboxylic acids is 3. The molecular weight excluding hydrogens is 520 g/mol. The first-order valence-electron chi connectivity index (χ1n) is 14.1. The van der Waals surface area contributed by atoms with Gasteiger partial charge in [0.2, 0.25) is 12.2 Å². The van der Waals surface area contributed by atoms with Gasteiger partial charge < -0.3 is 24.4 Å². The second kappa shape index (κ2) is 15.2. The summed E-state index contributed by atoms with van der Waals surface area (Å²) in [4.78, 5) is 40.1. The van der Waals surface area contributed by atoms with Crippen LogP contribution in [0.15, 0.2) is 66.7 Å². The number of fused-ring (bicyclic) bond motifs is 1. The van der Waals surface area contributed by atoms with Crippen LogP contribution in [0.1, 0.15) is 56.8 Å². The molecule has 8 nitrogen and oxygen atoms in total. The van der Waals surface area contributed by atoms with Crippen LogP contribution in [-0.4, -0.2) is 55.5 Å². The zero-order chi connectivity index (χ0) is 29.9. The number of amides is 2. The Morgan fingerprint density at radius 3 is 2.32 bits per heavy atom. The molecule has 0 heterocycles. The molecule has 0 aliphatic carbocycles. The van der Waals surface area contributed by atoms with Crippen molar-refractivity contribution in [2.75, 3.05) is 20.3 Å². The Labute approximate surface area is 243 Å². The number of carbonyl (C=O) groups is 3. The van der Waals surface area contributed by atoms with Crippen LogP contribution in [0.2, 0.25) is 0 Å². The molecule has 0 aliphatic rings. The maximum absolute atomic E-state index is 13.6. The van der Waals surface area contributed by atoms with Gasteiger partial charge >= 0.3 is 12.1 Å². The van der Waals surface area contributed by atoms with Crippen LogP contribution < -0.4 is 5.32 Å². The molecule has 0 radical (unpaired) electrons. The third-order valence-electron chi connectivity index (χ3n) is 6.98. The van der Waals surface area contributed by atoms with Gasteiger partial charge in [0.05, 0.1) is 6.04 Å². The van der Waals surface area contributed by atoms with Gasteiger partial charge in [0.15, 0.2) is 0 Å². The first-order valence-corrected chi connectivity index (χ1v) is 14.1. The van der Waals surface area contributed by atoms with Gasteiger partial charge in [-0.05, 0) is 54.5 Å². The Hall–Kier alpha value is -3.91. The maximum atomic E-state index is 13.6. The van der Waals surface area contributed by atoms with E-state index in [1.165, 1.54) is 25.2 Å². The molecule has 1 N–H and O–H groups in total. The fraction of sp³-hybridized carbons (Fsp3) is 0.424. The predicted molar refractivity (Wildman–Crippen MR) is 159 cm³/mol. The lowest BCUT2D eigenvalue weighted by Gasteiger charge is -2.31. The number of nitrogens with one attached hydrogen (secondary N) is 1. The summed E-state index contributed by atoms with van der Waals surface area (Å²) in [6.07, 6.45) is -0.216. The molecule has 3 rings (SSSR count). The zero-order valence-electron chi connectivity index (χ0n) is 24.9. The molecule has 220 valence electrons. The maximum Gasteiger partial charge on any atom is 0.413 e. The summed E-state index contributed by atoms with van der Waals surface area (Å²) in [6, 6.07) is 21.2. The van der Waals surface area contributed by atoms with Gasteiger partial charge in [-0.25, -0.2) is 9.59 Å². The summed E-state index contributed by atoms with van der Waals surface area (Å²) >= 11 is 0. The highest BCUT2D eigenvalue weighted by Gasteiger charge is 2.30. The molecule has 0 saturated heterocycles. The smallest absolute Gasteiger partial charge is 0.413 e. The molecule has 2 amide bonds. The van der Waals surface area contributed by atoms with Crippen LogP contribution in [0.4, 0.5) is 4.79 Å². The fourth-order valence-corrected chi connectivity index (χ4v) is 4.86. The van der Waals surface area contributed by atoms with Crippen molar-refractivity contribution in [2.45, 2.75) is 65.8 Å². The van der Waals surface area contributed by atoms with E-state index in [1.807, 2.05) is 55.5 Å². The van der Waals surface area contributed by atoms with Gasteiger partial charge in [-0.2, -0.15) is 0 Å². The largest absolute Gasteiger partial charge is 0.424 e. The van der Waals surface area contributed by atoms with E-state index in [2.05, 4.69) is 30.4 Å². The Kier molecular flexibility index (Phi) is 11.7. The normalized spacial score (nSPS) is 13.3. The van der Waals surface area contributed by atoms with Crippen LogP contribution in [0.25, 0.3) is 10.8 Å². The zero-order valence-corrected chi connectivity index (χ0v) is 24.9. The average molecular weight is 563 g/mol. The van der Waals surface area contributed by atoms with Gasteiger partial charge in [-0.3, -0.25) is 4.79 Å². The fourth-order valence-electron chi connectivity index (χ4n) is 4.86. The Morgan fingerprint density at radius 1 is 0.902 bits per heavy atom. The summed E-state index contributed by atoms with van der Waals surface area (Å²) in [7, 11) is 1.40. The van der Waals surface area contributed by atoms with E-state index >= 15 is 0 Å². The molecule has 41 heavy (non-hydrogen) atoms. The van der Waals surface area contributed by atoms with Crippen molar-refractivity contribution >= 4 is 28.7 Å². The van der Waals surface area contributed by atoms with Crippen LogP contribution in [0.5, 0.6) is 0 Å². The first kappa shape index (κ1) is 31.6. The van der Waals surface area contributed by atoms with Crippen LogP contribution in [-0.2, 0) is 30.2 Å². The van der Waals surface area contributed by atoms with Gasteiger partial charge in [-0.15, -0.1) is 0 Å². The second-order valence-electron chi connectivity index (χ2n) is 10.6. The van der Waals surface area contributed by atoms with Crippen molar-refractivity contribution in [3.8, 4) is 0 Å². The number of benzene rings is 3. The lowest BCUT2D eigenvalue weighted by Crippen LogP contribution is -2.47. The van der Waals surface area contributed by atoms with Crippen molar-refractivity contribution in [1.82, 2.24) is 10.2 Å². The number of nitrogens with zero attached hydrogens (tertiary/aromatic N) is 1. The van der Waals surface area contributed by atoms with E-state index in [-0.39, 0.29) is 18.6 Å². The van der Waals surface area contributed by atoms with E-state index in [9.17, 15) is 14.4 Å². The Morgan fingerprint density at radius 2 is 1.61 bits per heavy atom. The van der Waals surface area contributed by atoms with E-state index in [0.717, 1.165) is 29.2 Å². The quantitative estimate of drug-likeness (QED) is 0.204. The highest BCUT2D eigenvalue weighted by atomic mass is 16.7. The highest BCUT2D eigenvalue weighted by Crippen LogP contribution is 2.29. The summed E-state index contributed by atoms with van der Waals surface area (Å²) in [5.41, 5.74) is 3.39. The van der Waals surface area contributed by atoms with Gasteiger partial charge in [0.25, 0.3) is 0 Å². The van der Waals surface area contributed by atoms with Crippen LogP contribution in [0, 0.1) is 12.8 Å². The number of methoxy groups -OCH3 is 1. The van der Waals surface area contributed by atoms with E-state index in [0.29, 0.717) is 6.54 Å². The number of rotatable bonds is 13. The highest BCUT2D eigenvalue weighted by molar-refractivity contribution is 5.87. The second-order valence-corrected chi connectivity index (χ2v) is 10.6. The summed E-state index contributed by atoms with van der Waals surface area (Å²) < 4.78 is 15.9. The van der Waals surface area contributed by atoms with E-state index in [1.54, 1.807) is 18.7 Å². The lowest BCUT2D eigenvalue weighted by atomic mass is 9.98. The molecule has 3 atom stereocenters. The van der Waals surface area contributed by atoms with Gasteiger partial charge in [0, 0.05) is 20.6 Å². The van der Waals surface area contributed by atoms with Gasteiger partial charge in [0.1, 0.15) is 12.6 Å². The summed E-state index contributed by atoms with van der Waals surface area (Å²) in [5, 5.41) is 4.76. The Bertz CT molecular complexity index is 1320. The van der Waals surface area contributed by atoms with Crippen molar-refractivity contribution in [1.29, 1.82) is 0 Å². The molecule has 8 heteroatoms. The molecule has 0 aromatic heterocycles. The monoisotopic (exact) mass is 562 g/mol. The molecule has 3 aromatic rings. The van der Waals surface area contributed by atoms with Crippen molar-refractivity contribution < 1.29 is 28.6 Å². The number of aryl methyl sites for hydroxylation is 2. The minimum absolute atomic E-state index is 0.176. The third-order valence-corrected chi connectivity index (χ3v) is 6.98. The van der Waals surface area contributed by atoms with Crippen molar-refractivity contribution in [3.63, 3.8) is 0 Å². The number of ether oxygens (including phenoxy) is 3. The first-order chi connectivity index (χ1) is 19.6.